The van der Waals surface area contributed by atoms with Crippen LogP contribution in [0, 0.1) is 0 Å². The molecule has 0 atom stereocenters. The Morgan fingerprint density at radius 2 is 2.00 bits per heavy atom. The maximum Gasteiger partial charge on any atom is 0.511 e. The number of rotatable bonds is 4. The first-order chi connectivity index (χ1) is 14.1. The van der Waals surface area contributed by atoms with Gasteiger partial charge in [0.05, 0.1) is 0 Å². The summed E-state index contributed by atoms with van der Waals surface area (Å²) in [6, 6.07) is 0. The minimum Gasteiger partial charge on any atom is -0.384 e. The Bertz CT molecular complexity index is 801. The van der Waals surface area contributed by atoms with Gasteiger partial charge < -0.3 is 10.1 Å². The van der Waals surface area contributed by atoms with Gasteiger partial charge in [0.15, 0.2) is 0 Å². The van der Waals surface area contributed by atoms with Gasteiger partial charge in [-0.25, -0.2) is 8.42 Å². The normalized spacial score (nSPS) is 18.1. The molecule has 2 aliphatic rings. The quantitative estimate of drug-likeness (QED) is 0.601. The number of halogens is 4. The molecule has 0 bridgehead atoms. The molecule has 10 heteroatoms. The Kier molecular flexibility index (Phi) is 12.6. The van der Waals surface area contributed by atoms with Crippen molar-refractivity contribution in [1.29, 1.82) is 0 Å². The van der Waals surface area contributed by atoms with Gasteiger partial charge in [0.25, 0.3) is 0 Å². The van der Waals surface area contributed by atoms with E-state index in [1.54, 1.807) is 0 Å². The molecule has 5 nitrogen and oxygen atoms in total. The van der Waals surface area contributed by atoms with Crippen LogP contribution < -0.4 is 5.32 Å². The smallest absolute Gasteiger partial charge is 0.384 e. The highest BCUT2D eigenvalue weighted by molar-refractivity contribution is 7.90. The van der Waals surface area contributed by atoms with Gasteiger partial charge in [-0.2, -0.15) is 17.5 Å². The summed E-state index contributed by atoms with van der Waals surface area (Å²) in [6.07, 6.45) is 12.1. The third-order valence-corrected chi connectivity index (χ3v) is 6.18. The van der Waals surface area contributed by atoms with E-state index in [0.717, 1.165) is 6.42 Å². The first kappa shape index (κ1) is 28.2. The lowest BCUT2D eigenvalue weighted by Gasteiger charge is -2.23. The van der Waals surface area contributed by atoms with E-state index in [1.165, 1.54) is 5.57 Å². The molecule has 1 heterocycles. The van der Waals surface area contributed by atoms with E-state index in [4.69, 9.17) is 16.4 Å². The number of nitrogens with one attached hydrogen (secondary N) is 1. The van der Waals surface area contributed by atoms with Crippen LogP contribution in [-0.2, 0) is 14.8 Å². The highest BCUT2D eigenvalue weighted by atomic mass is 35.5. The molecule has 0 unspecified atom stereocenters. The Morgan fingerprint density at radius 1 is 1.37 bits per heavy atom. The highest BCUT2D eigenvalue weighted by Gasteiger charge is 2.50. The van der Waals surface area contributed by atoms with Gasteiger partial charge in [0.2, 0.25) is 0 Å². The van der Waals surface area contributed by atoms with Crippen molar-refractivity contribution in [2.75, 3.05) is 19.6 Å². The van der Waals surface area contributed by atoms with Crippen molar-refractivity contribution in [3.63, 3.8) is 0 Å². The van der Waals surface area contributed by atoms with Gasteiger partial charge in [-0.1, -0.05) is 55.5 Å². The number of carbonyl (C=O) groups excluding carboxylic acids is 1. The number of sulfonamides is 1. The Balaban J connectivity index is 0.000000648. The van der Waals surface area contributed by atoms with E-state index in [9.17, 15) is 21.6 Å². The lowest BCUT2D eigenvalue weighted by Crippen LogP contribution is -2.42. The summed E-state index contributed by atoms with van der Waals surface area (Å²) in [5.74, 6) is 0. The number of alkyl halides is 3. The van der Waals surface area contributed by atoms with Crippen LogP contribution in [0.3, 0.4) is 0 Å². The van der Waals surface area contributed by atoms with E-state index in [0.29, 0.717) is 33.4 Å². The number of hydrogen-bond acceptors (Lipinski definition) is 4. The molecule has 1 saturated heterocycles. The van der Waals surface area contributed by atoms with Gasteiger partial charge >= 0.3 is 15.5 Å². The fourth-order valence-electron chi connectivity index (χ4n) is 2.59. The molecule has 30 heavy (non-hydrogen) atoms. The van der Waals surface area contributed by atoms with Crippen LogP contribution >= 0.6 is 11.6 Å². The van der Waals surface area contributed by atoms with Crippen molar-refractivity contribution in [1.82, 2.24) is 9.62 Å². The summed E-state index contributed by atoms with van der Waals surface area (Å²) in [5, 5.41) is 3.32. The standard InChI is InChI=1S/C10H12ClF3N2O2S.C9H14.CH2O/c11-8-2-1-3-9-7(8)6-16(5-4-15-9)19(17,18)10(12,13)14;1-4-7-8-9(5-2)6-3;1-2/h3,15H,1-2,4-6H2;4-5,7-8H,2,6H2,1,3H3;1H2/b;7-4-,9-8+;. The summed E-state index contributed by atoms with van der Waals surface area (Å²) in [6.45, 7) is 9.34. The fraction of sp³-hybridized carbons (Fsp3) is 0.450. The van der Waals surface area contributed by atoms with Crippen LogP contribution in [0.2, 0.25) is 0 Å². The van der Waals surface area contributed by atoms with Crippen LogP contribution in [0.5, 0.6) is 0 Å². The van der Waals surface area contributed by atoms with Crippen molar-refractivity contribution in [2.24, 2.45) is 0 Å². The molecule has 0 spiro atoms. The van der Waals surface area contributed by atoms with E-state index in [-0.39, 0.29) is 19.6 Å². The minimum absolute atomic E-state index is 0.120. The summed E-state index contributed by atoms with van der Waals surface area (Å²) in [5.41, 5.74) is -2.94. The number of nitrogens with zero attached hydrogens (tertiary/aromatic N) is 1. The van der Waals surface area contributed by atoms with E-state index >= 15 is 0 Å². The molecule has 2 rings (SSSR count). The topological polar surface area (TPSA) is 66.5 Å². The number of allylic oxidation sites excluding steroid dienone is 7. The first-order valence-corrected chi connectivity index (χ1v) is 11.0. The average Bonchev–Trinajstić information content (AvgIpc) is 2.94. The highest BCUT2D eigenvalue weighted by Crippen LogP contribution is 2.32. The molecule has 170 valence electrons. The number of carbonyl (C=O) groups is 1. The molecule has 0 amide bonds. The molecular weight excluding hydrogens is 441 g/mol. The summed E-state index contributed by atoms with van der Waals surface area (Å²) in [4.78, 5) is 8.00. The van der Waals surface area contributed by atoms with Crippen LogP contribution in [0.4, 0.5) is 13.2 Å². The van der Waals surface area contributed by atoms with Crippen molar-refractivity contribution < 1.29 is 26.4 Å². The maximum atomic E-state index is 12.6. The Labute approximate surface area is 181 Å². The Hall–Kier alpha value is -1.84. The number of hydrogen-bond donors (Lipinski definition) is 1. The van der Waals surface area contributed by atoms with Gasteiger partial charge in [-0.3, -0.25) is 0 Å². The minimum atomic E-state index is -5.32. The third-order valence-electron chi connectivity index (χ3n) is 4.18. The van der Waals surface area contributed by atoms with Crippen LogP contribution in [0.1, 0.15) is 33.1 Å². The third kappa shape index (κ3) is 8.12. The first-order valence-electron chi connectivity index (χ1n) is 9.19. The zero-order valence-corrected chi connectivity index (χ0v) is 18.7. The van der Waals surface area contributed by atoms with Crippen molar-refractivity contribution in [3.8, 4) is 0 Å². The molecule has 0 aromatic heterocycles. The zero-order valence-electron chi connectivity index (χ0n) is 17.1. The second-order valence-corrected chi connectivity index (χ2v) is 8.46. The zero-order chi connectivity index (χ0) is 23.4. The van der Waals surface area contributed by atoms with E-state index in [1.807, 2.05) is 38.0 Å². The lowest BCUT2D eigenvalue weighted by atomic mass is 10.0. The maximum absolute atomic E-state index is 12.6. The van der Waals surface area contributed by atoms with Gasteiger partial charge in [-0.05, 0) is 31.8 Å². The average molecular weight is 469 g/mol. The molecule has 0 radical (unpaired) electrons. The lowest BCUT2D eigenvalue weighted by molar-refractivity contribution is -0.0980. The summed E-state index contributed by atoms with van der Waals surface area (Å²) >= 11 is 5.99. The van der Waals surface area contributed by atoms with Gasteiger partial charge in [0.1, 0.15) is 6.79 Å². The SMILES string of the molecule is C=C/C(=C\C=C/C)CC.C=O.O=S(=O)(N1CCNC2=CCCC(Cl)=C2C1)C(F)(F)F. The van der Waals surface area contributed by atoms with Crippen molar-refractivity contribution in [3.05, 3.63) is 58.8 Å². The summed E-state index contributed by atoms with van der Waals surface area (Å²) < 4.78 is 61.0. The van der Waals surface area contributed by atoms with E-state index in [2.05, 4.69) is 24.9 Å². The molecule has 0 saturated carbocycles. The van der Waals surface area contributed by atoms with Gasteiger partial charge in [0, 0.05) is 35.9 Å². The molecule has 1 fully saturated rings. The molecule has 0 aromatic carbocycles. The number of fused-ring (bicyclic) bond motifs is 1. The van der Waals surface area contributed by atoms with Crippen LogP contribution in [-0.4, -0.2) is 44.7 Å². The molecular formula is C20H28ClF3N2O3S. The van der Waals surface area contributed by atoms with Gasteiger partial charge in [-0.15, -0.1) is 0 Å². The van der Waals surface area contributed by atoms with Crippen molar-refractivity contribution >= 4 is 28.4 Å². The second-order valence-electron chi connectivity index (χ2n) is 6.08. The monoisotopic (exact) mass is 468 g/mol. The largest absolute Gasteiger partial charge is 0.511 e. The molecule has 1 aliphatic carbocycles. The predicted molar refractivity (Wildman–Crippen MR) is 115 cm³/mol. The van der Waals surface area contributed by atoms with E-state index < -0.39 is 15.5 Å². The fourth-order valence-corrected chi connectivity index (χ4v) is 3.78. The molecule has 1 N–H and O–H groups in total. The second kappa shape index (κ2) is 13.5. The van der Waals surface area contributed by atoms with Crippen LogP contribution in [0.15, 0.2) is 58.8 Å². The Morgan fingerprint density at radius 3 is 2.50 bits per heavy atom. The molecule has 0 aromatic rings. The van der Waals surface area contributed by atoms with Crippen LogP contribution in [0.25, 0.3) is 0 Å². The summed E-state index contributed by atoms with van der Waals surface area (Å²) in [7, 11) is -5.32. The predicted octanol–water partition coefficient (Wildman–Crippen LogP) is 4.81. The molecule has 1 aliphatic heterocycles. The van der Waals surface area contributed by atoms with Crippen molar-refractivity contribution in [2.45, 2.75) is 38.6 Å².